The topological polar surface area (TPSA) is 35.8 Å². The molecule has 0 radical (unpaired) electrons. The van der Waals surface area contributed by atoms with E-state index in [1.165, 1.54) is 50.6 Å². The minimum absolute atomic E-state index is 0.325. The Balaban J connectivity index is 1.43. The molecule has 3 saturated carbocycles. The van der Waals surface area contributed by atoms with Gasteiger partial charge in [0.25, 0.3) is 0 Å². The molecule has 2 heterocycles. The first-order valence-corrected chi connectivity index (χ1v) is 11.8. The quantitative estimate of drug-likeness (QED) is 0.536. The van der Waals surface area contributed by atoms with Gasteiger partial charge >= 0.3 is 0 Å². The first kappa shape index (κ1) is 17.8. The lowest BCUT2D eigenvalue weighted by Gasteiger charge is -2.36. The van der Waals surface area contributed by atoms with Gasteiger partial charge in [0, 0.05) is 28.6 Å². The van der Waals surface area contributed by atoms with Crippen molar-refractivity contribution in [1.82, 2.24) is 9.38 Å². The molecule has 3 fully saturated rings. The fourth-order valence-electron chi connectivity index (χ4n) is 6.71. The Hall–Kier alpha value is -2.01. The van der Waals surface area contributed by atoms with Gasteiger partial charge in [0.05, 0.1) is 25.6 Å². The molecular formula is C24H28N2O2S. The molecule has 3 bridgehead atoms. The van der Waals surface area contributed by atoms with Crippen molar-refractivity contribution < 1.29 is 9.47 Å². The number of imidazole rings is 1. The number of nitrogens with zero attached hydrogens (tertiary/aromatic N) is 2. The summed E-state index contributed by atoms with van der Waals surface area (Å²) in [5.74, 6) is 4.45. The van der Waals surface area contributed by atoms with Crippen LogP contribution in [-0.2, 0) is 5.41 Å². The Bertz CT molecular complexity index is 1070. The maximum atomic E-state index is 5.67. The highest BCUT2D eigenvalue weighted by molar-refractivity contribution is 7.15. The summed E-state index contributed by atoms with van der Waals surface area (Å²) < 4.78 is 13.3. The number of ether oxygens (including phenoxy) is 2. The molecule has 152 valence electrons. The smallest absolute Gasteiger partial charge is 0.194 e. The van der Waals surface area contributed by atoms with Crippen LogP contribution >= 0.6 is 11.3 Å². The van der Waals surface area contributed by atoms with Crippen LogP contribution in [0.5, 0.6) is 11.5 Å². The van der Waals surface area contributed by atoms with Crippen LogP contribution in [0, 0.1) is 17.8 Å². The summed E-state index contributed by atoms with van der Waals surface area (Å²) in [5.41, 5.74) is 3.92. The van der Waals surface area contributed by atoms with Gasteiger partial charge in [-0.15, -0.1) is 11.3 Å². The van der Waals surface area contributed by atoms with E-state index in [0.29, 0.717) is 5.41 Å². The number of aromatic nitrogens is 2. The minimum Gasteiger partial charge on any atom is -0.497 e. The highest BCUT2D eigenvalue weighted by Crippen LogP contribution is 2.60. The summed E-state index contributed by atoms with van der Waals surface area (Å²) in [7, 11) is 3.41. The second-order valence-corrected chi connectivity index (χ2v) is 10.2. The Morgan fingerprint density at radius 2 is 2.00 bits per heavy atom. The zero-order valence-electron chi connectivity index (χ0n) is 17.2. The number of benzene rings is 1. The third-order valence-corrected chi connectivity index (χ3v) is 8.75. The van der Waals surface area contributed by atoms with Crippen molar-refractivity contribution in [1.29, 1.82) is 0 Å². The van der Waals surface area contributed by atoms with Crippen LogP contribution in [0.2, 0.25) is 0 Å². The number of thiazole rings is 1. The van der Waals surface area contributed by atoms with Gasteiger partial charge in [-0.3, -0.25) is 4.40 Å². The lowest BCUT2D eigenvalue weighted by atomic mass is 9.68. The summed E-state index contributed by atoms with van der Waals surface area (Å²) in [6.07, 6.45) is 12.2. The third-order valence-electron chi connectivity index (χ3n) is 7.91. The number of hydrogen-bond acceptors (Lipinski definition) is 4. The summed E-state index contributed by atoms with van der Waals surface area (Å²) in [6.45, 7) is 0. The Morgan fingerprint density at radius 1 is 1.10 bits per heavy atom. The molecule has 4 atom stereocenters. The molecule has 0 N–H and O–H groups in total. The van der Waals surface area contributed by atoms with Gasteiger partial charge in [-0.25, -0.2) is 4.98 Å². The molecule has 3 aromatic rings. The van der Waals surface area contributed by atoms with Gasteiger partial charge in [0.15, 0.2) is 4.96 Å². The molecule has 5 heteroatoms. The van der Waals surface area contributed by atoms with Crippen LogP contribution in [0.25, 0.3) is 16.2 Å². The van der Waals surface area contributed by atoms with Crippen molar-refractivity contribution in [2.75, 3.05) is 14.2 Å². The van der Waals surface area contributed by atoms with Crippen LogP contribution < -0.4 is 9.47 Å². The van der Waals surface area contributed by atoms with E-state index < -0.39 is 0 Å². The van der Waals surface area contributed by atoms with Gasteiger partial charge in [-0.1, -0.05) is 19.3 Å². The fraction of sp³-hybridized carbons (Fsp3) is 0.542. The Morgan fingerprint density at radius 3 is 2.86 bits per heavy atom. The highest BCUT2D eigenvalue weighted by Gasteiger charge is 2.53. The first-order chi connectivity index (χ1) is 14.2. The predicted molar refractivity (Wildman–Crippen MR) is 116 cm³/mol. The molecule has 2 aromatic heterocycles. The Kier molecular flexibility index (Phi) is 3.99. The number of hydrogen-bond donors (Lipinski definition) is 0. The van der Waals surface area contributed by atoms with Gasteiger partial charge in [0.1, 0.15) is 11.5 Å². The molecule has 0 saturated heterocycles. The lowest BCUT2D eigenvalue weighted by Crippen LogP contribution is -2.31. The van der Waals surface area contributed by atoms with Crippen molar-refractivity contribution >= 4 is 16.3 Å². The summed E-state index contributed by atoms with van der Waals surface area (Å²) in [5, 5.41) is 2.20. The van der Waals surface area contributed by atoms with Crippen molar-refractivity contribution in [2.45, 2.75) is 50.4 Å². The zero-order valence-corrected chi connectivity index (χ0v) is 18.0. The van der Waals surface area contributed by atoms with E-state index in [9.17, 15) is 0 Å². The Labute approximate surface area is 175 Å². The van der Waals surface area contributed by atoms with Crippen molar-refractivity contribution in [2.24, 2.45) is 17.8 Å². The summed E-state index contributed by atoms with van der Waals surface area (Å²) in [4.78, 5) is 6.28. The second kappa shape index (κ2) is 6.49. The van der Waals surface area contributed by atoms with E-state index in [0.717, 1.165) is 45.5 Å². The van der Waals surface area contributed by atoms with E-state index in [-0.39, 0.29) is 0 Å². The molecule has 3 aliphatic carbocycles. The van der Waals surface area contributed by atoms with Crippen LogP contribution in [0.3, 0.4) is 0 Å². The van der Waals surface area contributed by atoms with E-state index in [1.54, 1.807) is 25.6 Å². The SMILES string of the molecule is COc1ccc(-c2csc3nc(C45CC6CCCC(C4)C(C6)C5)cn23)c(OC)c1. The van der Waals surface area contributed by atoms with Crippen LogP contribution in [0.15, 0.2) is 29.8 Å². The third kappa shape index (κ3) is 2.66. The largest absolute Gasteiger partial charge is 0.497 e. The van der Waals surface area contributed by atoms with E-state index in [2.05, 4.69) is 22.0 Å². The second-order valence-electron chi connectivity index (χ2n) is 9.41. The number of rotatable bonds is 4. The van der Waals surface area contributed by atoms with Gasteiger partial charge in [-0.2, -0.15) is 0 Å². The van der Waals surface area contributed by atoms with Gasteiger partial charge in [0.2, 0.25) is 0 Å². The van der Waals surface area contributed by atoms with E-state index in [1.807, 2.05) is 12.1 Å². The monoisotopic (exact) mass is 408 g/mol. The molecule has 29 heavy (non-hydrogen) atoms. The highest BCUT2D eigenvalue weighted by atomic mass is 32.1. The summed E-state index contributed by atoms with van der Waals surface area (Å²) >= 11 is 1.73. The van der Waals surface area contributed by atoms with Crippen LogP contribution in [0.4, 0.5) is 0 Å². The van der Waals surface area contributed by atoms with Crippen molar-refractivity contribution in [3.05, 3.63) is 35.5 Å². The standard InChI is InChI=1S/C24H28N2O2S/c1-27-18-6-7-19(21(9-18)28-2)20-14-29-23-25-22(13-26(20)23)24-10-15-4-3-5-16(11-24)17(8-15)12-24/h6-7,9,13-17H,3-5,8,10-12H2,1-2H3. The molecule has 1 aromatic carbocycles. The lowest BCUT2D eigenvalue weighted by molar-refractivity contribution is 0.215. The predicted octanol–water partition coefficient (Wildman–Crippen LogP) is 5.94. The normalized spacial score (nSPS) is 30.6. The van der Waals surface area contributed by atoms with Gasteiger partial charge in [-0.05, 0) is 55.6 Å². The molecule has 6 rings (SSSR count). The van der Waals surface area contributed by atoms with Gasteiger partial charge < -0.3 is 9.47 Å². The molecule has 0 spiro atoms. The molecule has 4 nitrogen and oxygen atoms in total. The zero-order chi connectivity index (χ0) is 19.6. The van der Waals surface area contributed by atoms with Crippen molar-refractivity contribution in [3.8, 4) is 22.8 Å². The van der Waals surface area contributed by atoms with E-state index >= 15 is 0 Å². The van der Waals surface area contributed by atoms with Crippen LogP contribution in [0.1, 0.15) is 50.6 Å². The van der Waals surface area contributed by atoms with Crippen molar-refractivity contribution in [3.63, 3.8) is 0 Å². The van der Waals surface area contributed by atoms with Crippen LogP contribution in [-0.4, -0.2) is 23.6 Å². The minimum atomic E-state index is 0.325. The molecule has 4 unspecified atom stereocenters. The maximum absolute atomic E-state index is 5.67. The number of fused-ring (bicyclic) bond motifs is 3. The first-order valence-electron chi connectivity index (χ1n) is 10.9. The fourth-order valence-corrected chi connectivity index (χ4v) is 7.58. The van der Waals surface area contributed by atoms with E-state index in [4.69, 9.17) is 14.5 Å². The molecule has 0 amide bonds. The maximum Gasteiger partial charge on any atom is 0.194 e. The average molecular weight is 409 g/mol. The molecule has 3 aliphatic rings. The molecular weight excluding hydrogens is 380 g/mol. The average Bonchev–Trinajstić information content (AvgIpc) is 3.36. The number of methoxy groups -OCH3 is 2. The molecule has 0 aliphatic heterocycles. The summed E-state index contributed by atoms with van der Waals surface area (Å²) in [6, 6.07) is 6.05.